The molecule has 1 aliphatic carbocycles. The highest BCUT2D eigenvalue weighted by Crippen LogP contribution is 2.38. The molecule has 0 bridgehead atoms. The highest BCUT2D eigenvalue weighted by molar-refractivity contribution is 6.30. The molecule has 2 fully saturated rings. The van der Waals surface area contributed by atoms with Crippen molar-refractivity contribution in [2.75, 3.05) is 18.8 Å². The molecule has 1 heterocycles. The Bertz CT molecular complexity index is 407. The van der Waals surface area contributed by atoms with Crippen molar-refractivity contribution in [3.05, 3.63) is 28.8 Å². The molecule has 3 rings (SSSR count). The van der Waals surface area contributed by atoms with E-state index in [1.165, 1.54) is 37.9 Å². The topological polar surface area (TPSA) is 29.3 Å². The molecule has 1 aliphatic heterocycles. The van der Waals surface area contributed by atoms with Gasteiger partial charge in [0.2, 0.25) is 0 Å². The van der Waals surface area contributed by atoms with Gasteiger partial charge in [-0.1, -0.05) is 24.1 Å². The van der Waals surface area contributed by atoms with Gasteiger partial charge in [0.1, 0.15) is 0 Å². The van der Waals surface area contributed by atoms with Gasteiger partial charge in [-0.2, -0.15) is 0 Å². The van der Waals surface area contributed by atoms with Crippen LogP contribution >= 0.6 is 11.6 Å². The molecule has 2 aliphatic rings. The molecule has 17 heavy (non-hydrogen) atoms. The van der Waals surface area contributed by atoms with E-state index in [1.807, 2.05) is 12.1 Å². The molecule has 1 aromatic rings. The molecule has 2 unspecified atom stereocenters. The van der Waals surface area contributed by atoms with E-state index in [4.69, 9.17) is 17.3 Å². The second kappa shape index (κ2) is 4.51. The average Bonchev–Trinajstić information content (AvgIpc) is 2.82. The normalized spacial score (nSPS) is 28.5. The largest absolute Gasteiger partial charge is 0.398 e. The van der Waals surface area contributed by atoms with Crippen LogP contribution in [0, 0.1) is 11.8 Å². The standard InChI is InChI=1S/C14H19ClN2/c15-13-5-4-12(14(16)6-13)9-17-7-10-2-1-3-11(10)8-17/h4-6,10-11H,1-3,7-9,16H2. The van der Waals surface area contributed by atoms with E-state index in [-0.39, 0.29) is 0 Å². The quantitative estimate of drug-likeness (QED) is 0.817. The van der Waals surface area contributed by atoms with Gasteiger partial charge in [0, 0.05) is 30.3 Å². The number of anilines is 1. The number of likely N-dealkylation sites (tertiary alicyclic amines) is 1. The summed E-state index contributed by atoms with van der Waals surface area (Å²) in [6.45, 7) is 3.50. The van der Waals surface area contributed by atoms with Crippen molar-refractivity contribution >= 4 is 17.3 Å². The predicted molar refractivity (Wildman–Crippen MR) is 72.0 cm³/mol. The SMILES string of the molecule is Nc1cc(Cl)ccc1CN1CC2CCCC2C1. The van der Waals surface area contributed by atoms with Crippen LogP contribution in [0.25, 0.3) is 0 Å². The van der Waals surface area contributed by atoms with Crippen molar-refractivity contribution < 1.29 is 0 Å². The van der Waals surface area contributed by atoms with Gasteiger partial charge in [-0.3, -0.25) is 4.90 Å². The van der Waals surface area contributed by atoms with E-state index in [0.717, 1.165) is 29.1 Å². The molecule has 1 saturated heterocycles. The van der Waals surface area contributed by atoms with Gasteiger partial charge in [0.15, 0.2) is 0 Å². The fourth-order valence-corrected chi connectivity index (χ4v) is 3.59. The number of hydrogen-bond acceptors (Lipinski definition) is 2. The smallest absolute Gasteiger partial charge is 0.0426 e. The van der Waals surface area contributed by atoms with Crippen LogP contribution in [0.1, 0.15) is 24.8 Å². The molecular formula is C14H19ClN2. The van der Waals surface area contributed by atoms with Gasteiger partial charge in [0.05, 0.1) is 0 Å². The van der Waals surface area contributed by atoms with E-state index < -0.39 is 0 Å². The van der Waals surface area contributed by atoms with Crippen molar-refractivity contribution in [2.24, 2.45) is 11.8 Å². The summed E-state index contributed by atoms with van der Waals surface area (Å²) in [7, 11) is 0. The maximum Gasteiger partial charge on any atom is 0.0426 e. The van der Waals surface area contributed by atoms with Crippen molar-refractivity contribution in [2.45, 2.75) is 25.8 Å². The molecule has 1 saturated carbocycles. The van der Waals surface area contributed by atoms with Crippen molar-refractivity contribution in [1.82, 2.24) is 4.90 Å². The number of fused-ring (bicyclic) bond motifs is 1. The Labute approximate surface area is 108 Å². The fraction of sp³-hybridized carbons (Fsp3) is 0.571. The molecule has 0 amide bonds. The van der Waals surface area contributed by atoms with Crippen LogP contribution < -0.4 is 5.73 Å². The third-order valence-electron chi connectivity index (χ3n) is 4.30. The summed E-state index contributed by atoms with van der Waals surface area (Å²) < 4.78 is 0. The van der Waals surface area contributed by atoms with E-state index in [9.17, 15) is 0 Å². The summed E-state index contributed by atoms with van der Waals surface area (Å²) in [5, 5.41) is 0.726. The van der Waals surface area contributed by atoms with Crippen LogP contribution in [0.4, 0.5) is 5.69 Å². The number of rotatable bonds is 2. The minimum absolute atomic E-state index is 0.726. The van der Waals surface area contributed by atoms with Crippen LogP contribution in [0.5, 0.6) is 0 Å². The van der Waals surface area contributed by atoms with Gasteiger partial charge in [-0.05, 0) is 42.4 Å². The van der Waals surface area contributed by atoms with Gasteiger partial charge < -0.3 is 5.73 Å². The van der Waals surface area contributed by atoms with E-state index in [0.29, 0.717) is 0 Å². The summed E-state index contributed by atoms with van der Waals surface area (Å²) in [5.41, 5.74) is 8.05. The van der Waals surface area contributed by atoms with Crippen molar-refractivity contribution in [1.29, 1.82) is 0 Å². The Hall–Kier alpha value is -0.730. The third kappa shape index (κ3) is 2.29. The van der Waals surface area contributed by atoms with Crippen LogP contribution in [0.15, 0.2) is 18.2 Å². The molecule has 2 N–H and O–H groups in total. The monoisotopic (exact) mass is 250 g/mol. The molecule has 0 radical (unpaired) electrons. The molecule has 0 spiro atoms. The Morgan fingerprint density at radius 3 is 2.59 bits per heavy atom. The molecule has 0 aromatic heterocycles. The van der Waals surface area contributed by atoms with Crippen LogP contribution in [0.3, 0.4) is 0 Å². The zero-order chi connectivity index (χ0) is 11.8. The summed E-state index contributed by atoms with van der Waals surface area (Å²) >= 11 is 5.92. The third-order valence-corrected chi connectivity index (χ3v) is 4.54. The number of benzene rings is 1. The Kier molecular flexibility index (Phi) is 3.01. The van der Waals surface area contributed by atoms with Gasteiger partial charge in [-0.25, -0.2) is 0 Å². The lowest BCUT2D eigenvalue weighted by Gasteiger charge is -2.18. The van der Waals surface area contributed by atoms with E-state index in [2.05, 4.69) is 11.0 Å². The second-order valence-corrected chi connectivity index (χ2v) is 5.92. The second-order valence-electron chi connectivity index (χ2n) is 5.49. The lowest BCUT2D eigenvalue weighted by Crippen LogP contribution is -2.21. The van der Waals surface area contributed by atoms with E-state index >= 15 is 0 Å². The molecule has 2 atom stereocenters. The number of hydrogen-bond donors (Lipinski definition) is 1. The van der Waals surface area contributed by atoms with Crippen molar-refractivity contribution in [3.63, 3.8) is 0 Å². The molecule has 1 aromatic carbocycles. The highest BCUT2D eigenvalue weighted by Gasteiger charge is 2.35. The average molecular weight is 251 g/mol. The molecule has 3 heteroatoms. The maximum atomic E-state index is 6.00. The Balaban J connectivity index is 1.67. The van der Waals surface area contributed by atoms with Crippen LogP contribution in [-0.2, 0) is 6.54 Å². The maximum absolute atomic E-state index is 6.00. The van der Waals surface area contributed by atoms with Crippen LogP contribution in [0.2, 0.25) is 5.02 Å². The lowest BCUT2D eigenvalue weighted by atomic mass is 10.0. The number of nitrogen functional groups attached to an aromatic ring is 1. The summed E-state index contributed by atoms with van der Waals surface area (Å²) in [4.78, 5) is 2.55. The lowest BCUT2D eigenvalue weighted by molar-refractivity contribution is 0.304. The van der Waals surface area contributed by atoms with Crippen LogP contribution in [-0.4, -0.2) is 18.0 Å². The zero-order valence-corrected chi connectivity index (χ0v) is 10.8. The minimum atomic E-state index is 0.726. The highest BCUT2D eigenvalue weighted by atomic mass is 35.5. The Morgan fingerprint density at radius 1 is 1.24 bits per heavy atom. The predicted octanol–water partition coefficient (Wildman–Crippen LogP) is 3.15. The van der Waals surface area contributed by atoms with Gasteiger partial charge >= 0.3 is 0 Å². The molecular weight excluding hydrogens is 232 g/mol. The van der Waals surface area contributed by atoms with E-state index in [1.54, 1.807) is 0 Å². The first kappa shape index (κ1) is 11.4. The first-order valence-corrected chi connectivity index (χ1v) is 6.86. The molecule has 92 valence electrons. The van der Waals surface area contributed by atoms with Gasteiger partial charge in [0.25, 0.3) is 0 Å². The number of nitrogens with two attached hydrogens (primary N) is 1. The number of nitrogens with zero attached hydrogens (tertiary/aromatic N) is 1. The first-order chi connectivity index (χ1) is 8.22. The Morgan fingerprint density at radius 2 is 1.94 bits per heavy atom. The minimum Gasteiger partial charge on any atom is -0.398 e. The molecule has 2 nitrogen and oxygen atoms in total. The fourth-order valence-electron chi connectivity index (χ4n) is 3.41. The zero-order valence-electron chi connectivity index (χ0n) is 10.0. The number of halogens is 1. The summed E-state index contributed by atoms with van der Waals surface area (Å²) in [5.74, 6) is 1.90. The summed E-state index contributed by atoms with van der Waals surface area (Å²) in [6, 6.07) is 5.85. The van der Waals surface area contributed by atoms with Crippen molar-refractivity contribution in [3.8, 4) is 0 Å². The summed E-state index contributed by atoms with van der Waals surface area (Å²) in [6.07, 6.45) is 4.29. The van der Waals surface area contributed by atoms with Gasteiger partial charge in [-0.15, -0.1) is 0 Å². The first-order valence-electron chi connectivity index (χ1n) is 6.48.